The number of methoxy groups -OCH3 is 1. The lowest BCUT2D eigenvalue weighted by Crippen LogP contribution is -2.23. The summed E-state index contributed by atoms with van der Waals surface area (Å²) in [5, 5.41) is 2.90. The third kappa shape index (κ3) is 4.33. The SMILES string of the molecule is COc1cccc(C(N)=O)c1OCC(=O)Nc1c(C)cccc1C(C)C. The Balaban J connectivity index is 2.18. The van der Waals surface area contributed by atoms with E-state index in [0.29, 0.717) is 5.75 Å². The molecule has 0 aliphatic rings. The summed E-state index contributed by atoms with van der Waals surface area (Å²) < 4.78 is 10.7. The Morgan fingerprint density at radius 3 is 2.46 bits per heavy atom. The average molecular weight is 356 g/mol. The first-order valence-corrected chi connectivity index (χ1v) is 8.34. The fraction of sp³-hybridized carbons (Fsp3) is 0.300. The van der Waals surface area contributed by atoms with E-state index in [4.69, 9.17) is 15.2 Å². The van der Waals surface area contributed by atoms with Gasteiger partial charge in [-0.2, -0.15) is 0 Å². The largest absolute Gasteiger partial charge is 0.493 e. The maximum Gasteiger partial charge on any atom is 0.262 e. The standard InChI is InChI=1S/C20H24N2O4/c1-12(2)14-8-5-7-13(3)18(14)22-17(23)11-26-19-15(20(21)24)9-6-10-16(19)25-4/h5-10,12H,11H2,1-4H3,(H2,21,24)(H,22,23). The number of nitrogens with one attached hydrogen (secondary N) is 1. The number of benzene rings is 2. The van der Waals surface area contributed by atoms with Crippen LogP contribution in [0.1, 0.15) is 41.3 Å². The van der Waals surface area contributed by atoms with Gasteiger partial charge in [-0.1, -0.05) is 38.1 Å². The lowest BCUT2D eigenvalue weighted by Gasteiger charge is -2.17. The molecule has 2 rings (SSSR count). The molecule has 0 atom stereocenters. The molecule has 2 aromatic carbocycles. The van der Waals surface area contributed by atoms with Crippen molar-refractivity contribution < 1.29 is 19.1 Å². The van der Waals surface area contributed by atoms with E-state index in [1.54, 1.807) is 12.1 Å². The van der Waals surface area contributed by atoms with Crippen LogP contribution in [-0.4, -0.2) is 25.5 Å². The number of nitrogens with two attached hydrogens (primary N) is 1. The van der Waals surface area contributed by atoms with Gasteiger partial charge in [0.2, 0.25) is 0 Å². The smallest absolute Gasteiger partial charge is 0.262 e. The molecule has 6 heteroatoms. The zero-order chi connectivity index (χ0) is 19.3. The fourth-order valence-electron chi connectivity index (χ4n) is 2.68. The van der Waals surface area contributed by atoms with Gasteiger partial charge in [0.15, 0.2) is 18.1 Å². The summed E-state index contributed by atoms with van der Waals surface area (Å²) in [6, 6.07) is 10.7. The molecule has 0 bridgehead atoms. The molecule has 0 unspecified atom stereocenters. The quantitative estimate of drug-likeness (QED) is 0.797. The van der Waals surface area contributed by atoms with Crippen LogP contribution in [-0.2, 0) is 4.79 Å². The number of rotatable bonds is 7. The summed E-state index contributed by atoms with van der Waals surface area (Å²) in [6.07, 6.45) is 0. The molecule has 26 heavy (non-hydrogen) atoms. The van der Waals surface area contributed by atoms with Gasteiger partial charge in [0.1, 0.15) is 0 Å². The van der Waals surface area contributed by atoms with Gasteiger partial charge < -0.3 is 20.5 Å². The predicted octanol–water partition coefficient (Wildman–Crippen LogP) is 3.24. The third-order valence-electron chi connectivity index (χ3n) is 4.00. The van der Waals surface area contributed by atoms with Crippen molar-refractivity contribution in [3.8, 4) is 11.5 Å². The molecule has 0 radical (unpaired) electrons. The molecule has 0 fully saturated rings. The number of aryl methyl sites for hydroxylation is 1. The molecular formula is C20H24N2O4. The van der Waals surface area contributed by atoms with Crippen molar-refractivity contribution in [3.63, 3.8) is 0 Å². The Hall–Kier alpha value is -3.02. The predicted molar refractivity (Wildman–Crippen MR) is 101 cm³/mol. The summed E-state index contributed by atoms with van der Waals surface area (Å²) in [7, 11) is 1.45. The number of carbonyl (C=O) groups is 2. The Labute approximate surface area is 153 Å². The molecule has 0 heterocycles. The second-order valence-electron chi connectivity index (χ2n) is 6.23. The van der Waals surface area contributed by atoms with E-state index in [0.717, 1.165) is 16.8 Å². The fourth-order valence-corrected chi connectivity index (χ4v) is 2.68. The highest BCUT2D eigenvalue weighted by atomic mass is 16.5. The number of anilines is 1. The first kappa shape index (κ1) is 19.3. The summed E-state index contributed by atoms with van der Waals surface area (Å²) >= 11 is 0. The maximum absolute atomic E-state index is 12.4. The van der Waals surface area contributed by atoms with Crippen molar-refractivity contribution in [1.29, 1.82) is 0 Å². The van der Waals surface area contributed by atoms with Crippen LogP contribution in [0.15, 0.2) is 36.4 Å². The maximum atomic E-state index is 12.4. The molecule has 0 aromatic heterocycles. The number of primary amides is 1. The van der Waals surface area contributed by atoms with E-state index in [1.807, 2.05) is 25.1 Å². The molecule has 138 valence electrons. The number of hydrogen-bond donors (Lipinski definition) is 2. The van der Waals surface area contributed by atoms with Crippen LogP contribution < -0.4 is 20.5 Å². The molecule has 2 aromatic rings. The van der Waals surface area contributed by atoms with Crippen molar-refractivity contribution in [2.45, 2.75) is 26.7 Å². The van der Waals surface area contributed by atoms with Crippen molar-refractivity contribution in [2.24, 2.45) is 5.73 Å². The Kier molecular flexibility index (Phi) is 6.22. The van der Waals surface area contributed by atoms with Gasteiger partial charge in [0.05, 0.1) is 12.7 Å². The van der Waals surface area contributed by atoms with Gasteiger partial charge in [0, 0.05) is 5.69 Å². The van der Waals surface area contributed by atoms with Gasteiger partial charge in [-0.3, -0.25) is 9.59 Å². The lowest BCUT2D eigenvalue weighted by molar-refractivity contribution is -0.118. The Bertz CT molecular complexity index is 815. The number of ether oxygens (including phenoxy) is 2. The van der Waals surface area contributed by atoms with Crippen molar-refractivity contribution >= 4 is 17.5 Å². The van der Waals surface area contributed by atoms with Gasteiger partial charge in [-0.15, -0.1) is 0 Å². The molecule has 0 spiro atoms. The van der Waals surface area contributed by atoms with E-state index in [9.17, 15) is 9.59 Å². The van der Waals surface area contributed by atoms with E-state index in [1.165, 1.54) is 13.2 Å². The number of amides is 2. The summed E-state index contributed by atoms with van der Waals surface area (Å²) in [6.45, 7) is 5.80. The number of hydrogen-bond acceptors (Lipinski definition) is 4. The first-order valence-electron chi connectivity index (χ1n) is 8.34. The minimum Gasteiger partial charge on any atom is -0.493 e. The van der Waals surface area contributed by atoms with Gasteiger partial charge >= 0.3 is 0 Å². The Morgan fingerprint density at radius 1 is 1.15 bits per heavy atom. The molecular weight excluding hydrogens is 332 g/mol. The number of para-hydroxylation sites is 2. The van der Waals surface area contributed by atoms with Crippen LogP contribution >= 0.6 is 0 Å². The van der Waals surface area contributed by atoms with Crippen LogP contribution in [0.3, 0.4) is 0 Å². The molecule has 6 nitrogen and oxygen atoms in total. The Morgan fingerprint density at radius 2 is 1.85 bits per heavy atom. The monoisotopic (exact) mass is 356 g/mol. The highest BCUT2D eigenvalue weighted by Crippen LogP contribution is 2.31. The van der Waals surface area contributed by atoms with E-state index >= 15 is 0 Å². The zero-order valence-electron chi connectivity index (χ0n) is 15.5. The zero-order valence-corrected chi connectivity index (χ0v) is 15.5. The molecule has 0 aliphatic heterocycles. The normalized spacial score (nSPS) is 10.5. The van der Waals surface area contributed by atoms with Gasteiger partial charge in [-0.25, -0.2) is 0 Å². The third-order valence-corrected chi connectivity index (χ3v) is 4.00. The van der Waals surface area contributed by atoms with E-state index in [-0.39, 0.29) is 29.7 Å². The van der Waals surface area contributed by atoms with E-state index in [2.05, 4.69) is 19.2 Å². The molecule has 0 saturated heterocycles. The molecule has 0 aliphatic carbocycles. The summed E-state index contributed by atoms with van der Waals surface area (Å²) in [5.41, 5.74) is 8.33. The summed E-state index contributed by atoms with van der Waals surface area (Å²) in [4.78, 5) is 24.0. The highest BCUT2D eigenvalue weighted by Gasteiger charge is 2.17. The number of carbonyl (C=O) groups excluding carboxylic acids is 2. The van der Waals surface area contributed by atoms with Gasteiger partial charge in [0.25, 0.3) is 11.8 Å². The van der Waals surface area contributed by atoms with Crippen molar-refractivity contribution in [2.75, 3.05) is 19.0 Å². The van der Waals surface area contributed by atoms with Crippen LogP contribution in [0.2, 0.25) is 0 Å². The first-order chi connectivity index (χ1) is 12.3. The minimum atomic E-state index is -0.652. The second-order valence-corrected chi connectivity index (χ2v) is 6.23. The van der Waals surface area contributed by atoms with Crippen LogP contribution in [0.5, 0.6) is 11.5 Å². The van der Waals surface area contributed by atoms with Crippen LogP contribution in [0, 0.1) is 6.92 Å². The molecule has 3 N–H and O–H groups in total. The summed E-state index contributed by atoms with van der Waals surface area (Å²) in [5.74, 6) is -0.219. The minimum absolute atomic E-state index is 0.159. The second kappa shape index (κ2) is 8.38. The van der Waals surface area contributed by atoms with Crippen LogP contribution in [0.25, 0.3) is 0 Å². The lowest BCUT2D eigenvalue weighted by atomic mass is 9.98. The molecule has 2 amide bonds. The van der Waals surface area contributed by atoms with Crippen LogP contribution in [0.4, 0.5) is 5.69 Å². The van der Waals surface area contributed by atoms with Crippen molar-refractivity contribution in [3.05, 3.63) is 53.1 Å². The highest BCUT2D eigenvalue weighted by molar-refractivity contribution is 5.97. The topological polar surface area (TPSA) is 90.7 Å². The van der Waals surface area contributed by atoms with Gasteiger partial charge in [-0.05, 0) is 36.1 Å². The molecule has 0 saturated carbocycles. The van der Waals surface area contributed by atoms with E-state index < -0.39 is 5.91 Å². The van der Waals surface area contributed by atoms with Crippen molar-refractivity contribution in [1.82, 2.24) is 0 Å². The average Bonchev–Trinajstić information content (AvgIpc) is 2.60.